The number of likely N-dealkylation sites (N-methyl/N-ethyl adjacent to an activating group) is 1. The lowest BCUT2D eigenvalue weighted by Crippen LogP contribution is -2.45. The number of carbonyl (C=O) groups excluding carboxylic acids is 2. The molecule has 0 saturated carbocycles. The van der Waals surface area contributed by atoms with Crippen LogP contribution in [0.3, 0.4) is 0 Å². The molecule has 3 rings (SSSR count). The number of likely N-dealkylation sites (tertiary alicyclic amines) is 1. The van der Waals surface area contributed by atoms with E-state index in [2.05, 4.69) is 12.1 Å². The molecule has 4 nitrogen and oxygen atoms in total. The summed E-state index contributed by atoms with van der Waals surface area (Å²) in [5.74, 6) is 2.64. The molecule has 2 heterocycles. The number of benzene rings is 1. The van der Waals surface area contributed by atoms with Gasteiger partial charge in [-0.05, 0) is 29.9 Å². The van der Waals surface area contributed by atoms with E-state index < -0.39 is 0 Å². The van der Waals surface area contributed by atoms with E-state index in [-0.39, 0.29) is 24.3 Å². The highest BCUT2D eigenvalue weighted by Gasteiger charge is 2.33. The van der Waals surface area contributed by atoms with Crippen molar-refractivity contribution in [3.63, 3.8) is 0 Å². The smallest absolute Gasteiger partial charge is 0.242 e. The van der Waals surface area contributed by atoms with Crippen molar-refractivity contribution in [2.45, 2.75) is 31.2 Å². The summed E-state index contributed by atoms with van der Waals surface area (Å²) in [6.45, 7) is 0.880. The van der Waals surface area contributed by atoms with E-state index >= 15 is 0 Å². The average molecular weight is 332 g/mol. The maximum absolute atomic E-state index is 12.5. The first-order chi connectivity index (χ1) is 11.1. The van der Waals surface area contributed by atoms with Gasteiger partial charge in [-0.3, -0.25) is 9.59 Å². The Morgan fingerprint density at radius 1 is 1.26 bits per heavy atom. The Bertz CT molecular complexity index is 557. The number of thioether (sulfide) groups is 1. The minimum Gasteiger partial charge on any atom is -0.341 e. The molecule has 1 atom stereocenters. The number of rotatable bonds is 4. The van der Waals surface area contributed by atoms with Gasteiger partial charge in [-0.1, -0.05) is 30.3 Å². The zero-order valence-electron chi connectivity index (χ0n) is 13.6. The first-order valence-electron chi connectivity index (χ1n) is 8.31. The highest BCUT2D eigenvalue weighted by Crippen LogP contribution is 2.28. The van der Waals surface area contributed by atoms with Crippen molar-refractivity contribution < 1.29 is 9.59 Å². The third-order valence-corrected chi connectivity index (χ3v) is 5.99. The molecule has 2 saturated heterocycles. The summed E-state index contributed by atoms with van der Waals surface area (Å²) >= 11 is 1.96. The SMILES string of the molecule is CN(C(=O)CN1C[C@H](c2ccccc2)CC1=O)C1CCSCC1. The minimum absolute atomic E-state index is 0.0731. The summed E-state index contributed by atoms with van der Waals surface area (Å²) in [5.41, 5.74) is 1.19. The number of amides is 2. The number of nitrogens with zero attached hydrogens (tertiary/aromatic N) is 2. The lowest BCUT2D eigenvalue weighted by molar-refractivity contribution is -0.138. The fourth-order valence-corrected chi connectivity index (χ4v) is 4.51. The van der Waals surface area contributed by atoms with Gasteiger partial charge in [0.05, 0.1) is 6.54 Å². The van der Waals surface area contributed by atoms with Crippen molar-refractivity contribution in [3.8, 4) is 0 Å². The van der Waals surface area contributed by atoms with Crippen LogP contribution in [-0.4, -0.2) is 59.3 Å². The molecule has 0 N–H and O–H groups in total. The van der Waals surface area contributed by atoms with Crippen molar-refractivity contribution >= 4 is 23.6 Å². The van der Waals surface area contributed by atoms with Crippen LogP contribution >= 0.6 is 11.8 Å². The molecule has 0 aromatic heterocycles. The fraction of sp³-hybridized carbons (Fsp3) is 0.556. The van der Waals surface area contributed by atoms with Crippen LogP contribution in [0, 0.1) is 0 Å². The van der Waals surface area contributed by atoms with E-state index in [0.717, 1.165) is 24.3 Å². The number of hydrogen-bond donors (Lipinski definition) is 0. The summed E-state index contributed by atoms with van der Waals surface area (Å²) in [4.78, 5) is 28.4. The summed E-state index contributed by atoms with van der Waals surface area (Å²) in [7, 11) is 1.89. The van der Waals surface area contributed by atoms with Crippen LogP contribution in [0.15, 0.2) is 30.3 Å². The lowest BCUT2D eigenvalue weighted by atomic mass is 9.99. The molecule has 2 aliphatic heterocycles. The van der Waals surface area contributed by atoms with Gasteiger partial charge in [-0.15, -0.1) is 0 Å². The minimum atomic E-state index is 0.0731. The third kappa shape index (κ3) is 3.89. The third-order valence-electron chi connectivity index (χ3n) is 4.94. The maximum atomic E-state index is 12.5. The van der Waals surface area contributed by atoms with Crippen LogP contribution in [0.25, 0.3) is 0 Å². The molecule has 0 unspecified atom stereocenters. The van der Waals surface area contributed by atoms with Crippen molar-refractivity contribution in [2.24, 2.45) is 0 Å². The Balaban J connectivity index is 1.57. The van der Waals surface area contributed by atoms with Crippen LogP contribution in [0.1, 0.15) is 30.7 Å². The summed E-state index contributed by atoms with van der Waals surface area (Å²) in [6.07, 6.45) is 2.64. The van der Waals surface area contributed by atoms with E-state index in [1.165, 1.54) is 5.56 Å². The van der Waals surface area contributed by atoms with Gasteiger partial charge in [0, 0.05) is 32.0 Å². The van der Waals surface area contributed by atoms with E-state index in [1.807, 2.05) is 41.9 Å². The fourth-order valence-electron chi connectivity index (χ4n) is 3.42. The van der Waals surface area contributed by atoms with Crippen LogP contribution in [0.2, 0.25) is 0 Å². The molecular weight excluding hydrogens is 308 g/mol. The predicted octanol–water partition coefficient (Wildman–Crippen LogP) is 2.36. The molecule has 2 amide bonds. The van der Waals surface area contributed by atoms with Gasteiger partial charge in [0.15, 0.2) is 0 Å². The van der Waals surface area contributed by atoms with Crippen molar-refractivity contribution in [1.29, 1.82) is 0 Å². The normalized spacial score (nSPS) is 22.4. The van der Waals surface area contributed by atoms with Crippen molar-refractivity contribution in [1.82, 2.24) is 9.80 Å². The lowest BCUT2D eigenvalue weighted by Gasteiger charge is -2.32. The van der Waals surface area contributed by atoms with E-state index in [9.17, 15) is 9.59 Å². The molecular formula is C18H24N2O2S. The molecule has 2 fully saturated rings. The quantitative estimate of drug-likeness (QED) is 0.850. The van der Waals surface area contributed by atoms with Crippen molar-refractivity contribution in [3.05, 3.63) is 35.9 Å². The number of hydrogen-bond acceptors (Lipinski definition) is 3. The average Bonchev–Trinajstić information content (AvgIpc) is 2.96. The Hall–Kier alpha value is -1.49. The van der Waals surface area contributed by atoms with Gasteiger partial charge in [0.2, 0.25) is 11.8 Å². The molecule has 23 heavy (non-hydrogen) atoms. The van der Waals surface area contributed by atoms with Crippen LogP contribution in [0.4, 0.5) is 0 Å². The topological polar surface area (TPSA) is 40.6 Å². The molecule has 0 spiro atoms. The standard InChI is InChI=1S/C18H24N2O2S/c1-19(16-7-9-23-10-8-16)18(22)13-20-12-15(11-17(20)21)14-5-3-2-4-6-14/h2-6,15-16H,7-13H2,1H3/t15-/m1/s1. The molecule has 5 heteroatoms. The molecule has 1 aromatic rings. The monoisotopic (exact) mass is 332 g/mol. The summed E-state index contributed by atoms with van der Waals surface area (Å²) < 4.78 is 0. The first kappa shape index (κ1) is 16.4. The Kier molecular flexibility index (Phi) is 5.26. The van der Waals surface area contributed by atoms with E-state index in [4.69, 9.17) is 0 Å². The van der Waals surface area contributed by atoms with Gasteiger partial charge >= 0.3 is 0 Å². The van der Waals surface area contributed by atoms with Gasteiger partial charge in [-0.2, -0.15) is 11.8 Å². The highest BCUT2D eigenvalue weighted by molar-refractivity contribution is 7.99. The second-order valence-corrected chi connectivity index (χ2v) is 7.66. The maximum Gasteiger partial charge on any atom is 0.242 e. The van der Waals surface area contributed by atoms with Gasteiger partial charge < -0.3 is 9.80 Å². The first-order valence-corrected chi connectivity index (χ1v) is 9.46. The zero-order chi connectivity index (χ0) is 16.2. The van der Waals surface area contributed by atoms with Gasteiger partial charge in [-0.25, -0.2) is 0 Å². The molecule has 1 aromatic carbocycles. The molecule has 2 aliphatic rings. The molecule has 124 valence electrons. The second kappa shape index (κ2) is 7.39. The Morgan fingerprint density at radius 3 is 2.65 bits per heavy atom. The number of carbonyl (C=O) groups is 2. The Morgan fingerprint density at radius 2 is 1.96 bits per heavy atom. The van der Waals surface area contributed by atoms with E-state index in [0.29, 0.717) is 19.0 Å². The van der Waals surface area contributed by atoms with Crippen LogP contribution < -0.4 is 0 Å². The van der Waals surface area contributed by atoms with Gasteiger partial charge in [0.25, 0.3) is 0 Å². The summed E-state index contributed by atoms with van der Waals surface area (Å²) in [5, 5.41) is 0. The molecule has 0 radical (unpaired) electrons. The molecule has 0 bridgehead atoms. The van der Waals surface area contributed by atoms with Gasteiger partial charge in [0.1, 0.15) is 0 Å². The zero-order valence-corrected chi connectivity index (χ0v) is 14.4. The Labute approximate surface area is 142 Å². The largest absolute Gasteiger partial charge is 0.341 e. The summed E-state index contributed by atoms with van der Waals surface area (Å²) in [6, 6.07) is 10.5. The van der Waals surface area contributed by atoms with Crippen LogP contribution in [-0.2, 0) is 9.59 Å². The van der Waals surface area contributed by atoms with Crippen molar-refractivity contribution in [2.75, 3.05) is 31.6 Å². The highest BCUT2D eigenvalue weighted by atomic mass is 32.2. The predicted molar refractivity (Wildman–Crippen MR) is 93.5 cm³/mol. The van der Waals surface area contributed by atoms with Crippen LogP contribution in [0.5, 0.6) is 0 Å². The second-order valence-electron chi connectivity index (χ2n) is 6.43. The molecule has 0 aliphatic carbocycles. The van der Waals surface area contributed by atoms with E-state index in [1.54, 1.807) is 4.90 Å².